The third-order valence-corrected chi connectivity index (χ3v) is 8.00. The first-order valence-corrected chi connectivity index (χ1v) is 11.8. The highest BCUT2D eigenvalue weighted by Crippen LogP contribution is 2.26. The Hall–Kier alpha value is -1.40. The number of nitrogens with zero attached hydrogens (tertiary/aromatic N) is 1. The predicted octanol–water partition coefficient (Wildman–Crippen LogP) is 4.01. The Morgan fingerprint density at radius 2 is 1.70 bits per heavy atom. The average molecular weight is 393 g/mol. The molecule has 1 unspecified atom stereocenters. The molecule has 1 heterocycles. The van der Waals surface area contributed by atoms with Crippen LogP contribution < -0.4 is 5.32 Å². The van der Waals surface area contributed by atoms with Gasteiger partial charge in [-0.3, -0.25) is 4.79 Å². The van der Waals surface area contributed by atoms with Gasteiger partial charge in [0.15, 0.2) is 0 Å². The van der Waals surface area contributed by atoms with Gasteiger partial charge in [-0.2, -0.15) is 4.31 Å². The van der Waals surface area contributed by atoms with Crippen LogP contribution in [0.2, 0.25) is 0 Å². The number of amides is 1. The summed E-state index contributed by atoms with van der Waals surface area (Å²) in [5, 5.41) is 3.14. The monoisotopic (exact) mass is 392 g/mol. The lowest BCUT2D eigenvalue weighted by molar-refractivity contribution is 0.0932. The molecule has 1 aromatic rings. The van der Waals surface area contributed by atoms with Crippen molar-refractivity contribution in [3.05, 3.63) is 29.3 Å². The van der Waals surface area contributed by atoms with E-state index in [4.69, 9.17) is 0 Å². The molecule has 150 valence electrons. The zero-order valence-electron chi connectivity index (χ0n) is 16.5. The van der Waals surface area contributed by atoms with Crippen molar-refractivity contribution in [2.75, 3.05) is 6.54 Å². The Morgan fingerprint density at radius 3 is 2.37 bits per heavy atom. The van der Waals surface area contributed by atoms with Gasteiger partial charge in [0, 0.05) is 24.2 Å². The highest BCUT2D eigenvalue weighted by atomic mass is 32.2. The Labute approximate surface area is 163 Å². The number of hydrogen-bond donors (Lipinski definition) is 1. The molecular formula is C21H32N2O3S. The Bertz CT molecular complexity index is 768. The highest BCUT2D eigenvalue weighted by Gasteiger charge is 2.31. The minimum atomic E-state index is -3.57. The van der Waals surface area contributed by atoms with E-state index >= 15 is 0 Å². The van der Waals surface area contributed by atoms with Crippen LogP contribution in [0.3, 0.4) is 0 Å². The van der Waals surface area contributed by atoms with E-state index in [1.54, 1.807) is 22.5 Å². The van der Waals surface area contributed by atoms with E-state index in [1.807, 2.05) is 13.8 Å². The molecule has 0 bridgehead atoms. The largest absolute Gasteiger partial charge is 0.349 e. The van der Waals surface area contributed by atoms with Gasteiger partial charge in [0.25, 0.3) is 5.91 Å². The lowest BCUT2D eigenvalue weighted by Crippen LogP contribution is -2.42. The molecule has 0 radical (unpaired) electrons. The van der Waals surface area contributed by atoms with Crippen LogP contribution in [-0.2, 0) is 10.0 Å². The van der Waals surface area contributed by atoms with Gasteiger partial charge in [-0.05, 0) is 57.2 Å². The van der Waals surface area contributed by atoms with Gasteiger partial charge < -0.3 is 5.32 Å². The van der Waals surface area contributed by atoms with Crippen LogP contribution in [0, 0.1) is 6.92 Å². The van der Waals surface area contributed by atoms with E-state index in [1.165, 1.54) is 12.8 Å². The van der Waals surface area contributed by atoms with E-state index < -0.39 is 10.0 Å². The van der Waals surface area contributed by atoms with Crippen LogP contribution in [0.25, 0.3) is 0 Å². The third-order valence-electron chi connectivity index (χ3n) is 5.99. The third kappa shape index (κ3) is 4.72. The summed E-state index contributed by atoms with van der Waals surface area (Å²) in [6, 6.07) is 5.16. The number of nitrogens with one attached hydrogen (secondary N) is 1. The predicted molar refractivity (Wildman–Crippen MR) is 107 cm³/mol. The normalized spacial score (nSPS) is 23.0. The first-order valence-electron chi connectivity index (χ1n) is 10.3. The maximum atomic E-state index is 13.1. The van der Waals surface area contributed by atoms with Gasteiger partial charge in [-0.1, -0.05) is 38.2 Å². The van der Waals surface area contributed by atoms with Gasteiger partial charge in [-0.25, -0.2) is 8.42 Å². The fourth-order valence-electron chi connectivity index (χ4n) is 4.26. The SMILES string of the molecule is Cc1ccc(S(=O)(=O)N2CCCCC2C)cc1C(=O)NC1CCCCCC1. The number of benzene rings is 1. The molecule has 1 saturated carbocycles. The van der Waals surface area contributed by atoms with Crippen molar-refractivity contribution in [3.8, 4) is 0 Å². The molecular weight excluding hydrogens is 360 g/mol. The molecule has 1 aliphatic heterocycles. The Kier molecular flexibility index (Phi) is 6.58. The fourth-order valence-corrected chi connectivity index (χ4v) is 5.98. The summed E-state index contributed by atoms with van der Waals surface area (Å²) < 4.78 is 27.8. The molecule has 1 N–H and O–H groups in total. The molecule has 2 fully saturated rings. The van der Waals surface area contributed by atoms with Crippen molar-refractivity contribution in [2.24, 2.45) is 0 Å². The molecule has 5 nitrogen and oxygen atoms in total. The lowest BCUT2D eigenvalue weighted by atomic mass is 10.1. The molecule has 1 atom stereocenters. The average Bonchev–Trinajstić information content (AvgIpc) is 2.90. The summed E-state index contributed by atoms with van der Waals surface area (Å²) in [4.78, 5) is 13.1. The van der Waals surface area contributed by atoms with Crippen molar-refractivity contribution in [2.45, 2.75) is 88.6 Å². The topological polar surface area (TPSA) is 66.5 Å². The minimum absolute atomic E-state index is 0.00770. The second-order valence-corrected chi connectivity index (χ2v) is 9.99. The van der Waals surface area contributed by atoms with E-state index in [-0.39, 0.29) is 22.9 Å². The van der Waals surface area contributed by atoms with Gasteiger partial charge in [0.05, 0.1) is 4.90 Å². The van der Waals surface area contributed by atoms with Crippen LogP contribution in [0.4, 0.5) is 0 Å². The second kappa shape index (κ2) is 8.74. The van der Waals surface area contributed by atoms with Crippen LogP contribution >= 0.6 is 0 Å². The summed E-state index contributed by atoms with van der Waals surface area (Å²) in [6.45, 7) is 4.38. The van der Waals surface area contributed by atoms with Crippen molar-refractivity contribution in [1.82, 2.24) is 9.62 Å². The van der Waals surface area contributed by atoms with Crippen molar-refractivity contribution in [3.63, 3.8) is 0 Å². The highest BCUT2D eigenvalue weighted by molar-refractivity contribution is 7.89. The van der Waals surface area contributed by atoms with Crippen LogP contribution in [0.1, 0.15) is 80.6 Å². The first kappa shape index (κ1) is 20.3. The van der Waals surface area contributed by atoms with Crippen molar-refractivity contribution >= 4 is 15.9 Å². The molecule has 3 rings (SSSR count). The molecule has 1 saturated heterocycles. The number of carbonyl (C=O) groups is 1. The number of piperidine rings is 1. The second-order valence-electron chi connectivity index (χ2n) is 8.10. The molecule has 6 heteroatoms. The summed E-state index contributed by atoms with van der Waals surface area (Å²) in [5.74, 6) is -0.150. The zero-order valence-corrected chi connectivity index (χ0v) is 17.4. The lowest BCUT2D eigenvalue weighted by Gasteiger charge is -2.32. The number of carbonyl (C=O) groups excluding carboxylic acids is 1. The zero-order chi connectivity index (χ0) is 19.4. The maximum Gasteiger partial charge on any atom is 0.251 e. The van der Waals surface area contributed by atoms with E-state index in [0.717, 1.165) is 50.5 Å². The fraction of sp³-hybridized carbons (Fsp3) is 0.667. The van der Waals surface area contributed by atoms with E-state index in [9.17, 15) is 13.2 Å². The summed E-state index contributed by atoms with van der Waals surface area (Å²) in [5.41, 5.74) is 1.29. The van der Waals surface area contributed by atoms with Gasteiger partial charge >= 0.3 is 0 Å². The van der Waals surface area contributed by atoms with Gasteiger partial charge in [0.1, 0.15) is 0 Å². The number of hydrogen-bond acceptors (Lipinski definition) is 3. The number of rotatable bonds is 4. The molecule has 27 heavy (non-hydrogen) atoms. The van der Waals surface area contributed by atoms with E-state index in [0.29, 0.717) is 12.1 Å². The first-order chi connectivity index (χ1) is 12.9. The summed E-state index contributed by atoms with van der Waals surface area (Å²) in [6.07, 6.45) is 9.61. The van der Waals surface area contributed by atoms with Crippen molar-refractivity contribution in [1.29, 1.82) is 0 Å². The standard InChI is InChI=1S/C21H32N2O3S/c1-16-12-13-19(27(25,26)23-14-8-7-9-17(23)2)15-20(16)21(24)22-18-10-5-3-4-6-11-18/h12-13,15,17-18H,3-11,14H2,1-2H3,(H,22,24). The Balaban J connectivity index is 1.82. The van der Waals surface area contributed by atoms with Crippen LogP contribution in [0.5, 0.6) is 0 Å². The quantitative estimate of drug-likeness (QED) is 0.787. The molecule has 2 aliphatic rings. The molecule has 1 aliphatic carbocycles. The number of sulfonamides is 1. The number of aryl methyl sites for hydroxylation is 1. The molecule has 0 spiro atoms. The smallest absolute Gasteiger partial charge is 0.251 e. The summed E-state index contributed by atoms with van der Waals surface area (Å²) in [7, 11) is -3.57. The molecule has 1 amide bonds. The van der Waals surface area contributed by atoms with Crippen molar-refractivity contribution < 1.29 is 13.2 Å². The minimum Gasteiger partial charge on any atom is -0.349 e. The Morgan fingerprint density at radius 1 is 1.04 bits per heavy atom. The molecule has 1 aromatic carbocycles. The van der Waals surface area contributed by atoms with Gasteiger partial charge in [-0.15, -0.1) is 0 Å². The van der Waals surface area contributed by atoms with Crippen LogP contribution in [-0.4, -0.2) is 37.3 Å². The molecule has 0 aromatic heterocycles. The maximum absolute atomic E-state index is 13.1. The van der Waals surface area contributed by atoms with Gasteiger partial charge in [0.2, 0.25) is 10.0 Å². The van der Waals surface area contributed by atoms with E-state index in [2.05, 4.69) is 5.32 Å². The van der Waals surface area contributed by atoms with Crippen LogP contribution in [0.15, 0.2) is 23.1 Å². The summed E-state index contributed by atoms with van der Waals surface area (Å²) >= 11 is 0.